The highest BCUT2D eigenvalue weighted by Crippen LogP contribution is 2.36. The van der Waals surface area contributed by atoms with Gasteiger partial charge in [-0.3, -0.25) is 0 Å². The molecule has 0 saturated heterocycles. The second-order valence-electron chi connectivity index (χ2n) is 7.56. The average Bonchev–Trinajstić information content (AvgIpc) is 2.73. The number of hydrogen-bond acceptors (Lipinski definition) is 3. The lowest BCUT2D eigenvalue weighted by atomic mass is 9.96. The van der Waals surface area contributed by atoms with E-state index in [2.05, 4.69) is 10.6 Å². The molecule has 162 valence electrons. The number of hydrogen-bond donors (Lipinski definition) is 2. The predicted molar refractivity (Wildman–Crippen MR) is 121 cm³/mol. The Morgan fingerprint density at radius 2 is 1.47 bits per heavy atom. The van der Waals surface area contributed by atoms with Crippen LogP contribution in [0.15, 0.2) is 63.8 Å². The van der Waals surface area contributed by atoms with E-state index in [0.717, 1.165) is 22.8 Å². The molecule has 32 heavy (non-hydrogen) atoms. The van der Waals surface area contributed by atoms with Gasteiger partial charge >= 0.3 is 11.7 Å². The van der Waals surface area contributed by atoms with Crippen molar-refractivity contribution in [2.24, 2.45) is 0 Å². The summed E-state index contributed by atoms with van der Waals surface area (Å²) in [5, 5.41) is 5.32. The normalized spacial score (nSPS) is 10.9. The van der Waals surface area contributed by atoms with E-state index >= 15 is 0 Å². The molecule has 0 spiro atoms. The number of aryl methyl sites for hydroxylation is 3. The Balaban J connectivity index is 1.90. The number of rotatable bonds is 3. The van der Waals surface area contributed by atoms with Crippen molar-refractivity contribution in [3.8, 4) is 11.1 Å². The molecule has 0 aliphatic carbocycles. The summed E-state index contributed by atoms with van der Waals surface area (Å²) in [4.78, 5) is 25.7. The standard InChI is InChI=1S/C25H20F2N2O3/c1-13-7-4-5-10-17(13)20-18-11-16(26)12-19(27)23(18)32-24(30)22(20)29-25(31)28-21-14(2)8-6-9-15(21)3/h4-12H,1-3H3,(H2,28,29,31). The van der Waals surface area contributed by atoms with Crippen molar-refractivity contribution in [1.29, 1.82) is 0 Å². The van der Waals surface area contributed by atoms with E-state index in [1.165, 1.54) is 0 Å². The fourth-order valence-electron chi connectivity index (χ4n) is 3.75. The van der Waals surface area contributed by atoms with Gasteiger partial charge in [0.2, 0.25) is 0 Å². The van der Waals surface area contributed by atoms with E-state index in [1.54, 1.807) is 31.2 Å². The SMILES string of the molecule is Cc1ccccc1-c1c(NC(=O)Nc2c(C)cccc2C)c(=O)oc2c(F)cc(F)cc12. The van der Waals surface area contributed by atoms with Gasteiger partial charge in [-0.05, 0) is 49.1 Å². The van der Waals surface area contributed by atoms with Gasteiger partial charge in [-0.2, -0.15) is 0 Å². The molecule has 1 aromatic heterocycles. The van der Waals surface area contributed by atoms with Crippen LogP contribution in [0, 0.1) is 32.4 Å². The summed E-state index contributed by atoms with van der Waals surface area (Å²) in [5.74, 6) is -1.83. The van der Waals surface area contributed by atoms with E-state index in [1.807, 2.05) is 32.0 Å². The molecule has 4 rings (SSSR count). The summed E-state index contributed by atoms with van der Waals surface area (Å²) in [6, 6.07) is 13.6. The van der Waals surface area contributed by atoms with Crippen LogP contribution in [0.3, 0.4) is 0 Å². The molecule has 0 bridgehead atoms. The number of amides is 2. The van der Waals surface area contributed by atoms with Crippen LogP contribution in [-0.4, -0.2) is 6.03 Å². The number of fused-ring (bicyclic) bond motifs is 1. The number of benzene rings is 3. The highest BCUT2D eigenvalue weighted by atomic mass is 19.1. The van der Waals surface area contributed by atoms with Crippen molar-refractivity contribution in [3.63, 3.8) is 0 Å². The average molecular weight is 434 g/mol. The number of para-hydroxylation sites is 1. The van der Waals surface area contributed by atoms with Crippen LogP contribution in [0.5, 0.6) is 0 Å². The Bertz CT molecular complexity index is 1410. The number of carbonyl (C=O) groups excluding carboxylic acids is 1. The fourth-order valence-corrected chi connectivity index (χ4v) is 3.75. The maximum atomic E-state index is 14.4. The maximum absolute atomic E-state index is 14.4. The summed E-state index contributed by atoms with van der Waals surface area (Å²) in [6.07, 6.45) is 0. The lowest BCUT2D eigenvalue weighted by Gasteiger charge is -2.16. The molecule has 0 atom stereocenters. The van der Waals surface area contributed by atoms with Crippen LogP contribution in [0.2, 0.25) is 0 Å². The van der Waals surface area contributed by atoms with Gasteiger partial charge in [-0.15, -0.1) is 0 Å². The molecule has 0 fully saturated rings. The molecule has 4 aromatic rings. The maximum Gasteiger partial charge on any atom is 0.361 e. The third-order valence-electron chi connectivity index (χ3n) is 5.30. The second-order valence-corrected chi connectivity index (χ2v) is 7.56. The van der Waals surface area contributed by atoms with Crippen molar-refractivity contribution < 1.29 is 18.0 Å². The number of halogens is 2. The number of anilines is 2. The topological polar surface area (TPSA) is 71.3 Å². The van der Waals surface area contributed by atoms with Crippen molar-refractivity contribution in [3.05, 3.63) is 93.3 Å². The quantitative estimate of drug-likeness (QED) is 0.371. The van der Waals surface area contributed by atoms with Gasteiger partial charge in [0.25, 0.3) is 0 Å². The van der Waals surface area contributed by atoms with Crippen LogP contribution >= 0.6 is 0 Å². The molecular formula is C25H20F2N2O3. The summed E-state index contributed by atoms with van der Waals surface area (Å²) < 4.78 is 33.7. The molecule has 0 saturated carbocycles. The molecule has 0 aliphatic heterocycles. The second kappa shape index (κ2) is 8.26. The van der Waals surface area contributed by atoms with Crippen molar-refractivity contribution >= 4 is 28.4 Å². The molecule has 0 radical (unpaired) electrons. The Labute approximate surface area is 182 Å². The largest absolute Gasteiger partial charge is 0.418 e. The summed E-state index contributed by atoms with van der Waals surface area (Å²) in [5.41, 5.74) is 2.23. The first-order valence-electron chi connectivity index (χ1n) is 9.92. The van der Waals surface area contributed by atoms with E-state index in [-0.39, 0.29) is 22.2 Å². The highest BCUT2D eigenvalue weighted by Gasteiger charge is 2.22. The lowest BCUT2D eigenvalue weighted by molar-refractivity contribution is 0.262. The third-order valence-corrected chi connectivity index (χ3v) is 5.30. The summed E-state index contributed by atoms with van der Waals surface area (Å²) >= 11 is 0. The van der Waals surface area contributed by atoms with Gasteiger partial charge in [0.1, 0.15) is 11.5 Å². The van der Waals surface area contributed by atoms with Crippen molar-refractivity contribution in [2.75, 3.05) is 10.6 Å². The van der Waals surface area contributed by atoms with E-state index in [9.17, 15) is 18.4 Å². The Hall–Kier alpha value is -4.00. The molecule has 1 heterocycles. The first-order chi connectivity index (χ1) is 15.3. The molecule has 7 heteroatoms. The van der Waals surface area contributed by atoms with Gasteiger partial charge in [-0.1, -0.05) is 42.5 Å². The van der Waals surface area contributed by atoms with Gasteiger partial charge in [0.15, 0.2) is 11.4 Å². The minimum atomic E-state index is -1.00. The smallest absolute Gasteiger partial charge is 0.361 e. The first kappa shape index (κ1) is 21.2. The molecule has 5 nitrogen and oxygen atoms in total. The molecule has 0 unspecified atom stereocenters. The van der Waals surface area contributed by atoms with E-state index in [4.69, 9.17) is 4.42 Å². The summed E-state index contributed by atoms with van der Waals surface area (Å²) in [7, 11) is 0. The zero-order valence-corrected chi connectivity index (χ0v) is 17.7. The van der Waals surface area contributed by atoms with Crippen molar-refractivity contribution in [1.82, 2.24) is 0 Å². The van der Waals surface area contributed by atoms with Crippen LogP contribution < -0.4 is 16.3 Å². The number of carbonyl (C=O) groups is 1. The van der Waals surface area contributed by atoms with E-state index < -0.39 is 23.3 Å². The van der Waals surface area contributed by atoms with Gasteiger partial charge in [0, 0.05) is 22.7 Å². The van der Waals surface area contributed by atoms with Crippen LogP contribution in [0.4, 0.5) is 25.0 Å². The van der Waals surface area contributed by atoms with Gasteiger partial charge in [0.05, 0.1) is 0 Å². The molecule has 3 aromatic carbocycles. The fraction of sp³-hybridized carbons (Fsp3) is 0.120. The Morgan fingerprint density at radius 1 is 0.844 bits per heavy atom. The zero-order valence-electron chi connectivity index (χ0n) is 17.7. The lowest BCUT2D eigenvalue weighted by Crippen LogP contribution is -2.25. The van der Waals surface area contributed by atoms with Crippen molar-refractivity contribution in [2.45, 2.75) is 20.8 Å². The minimum absolute atomic E-state index is 0.0405. The zero-order chi connectivity index (χ0) is 23.0. The Kier molecular flexibility index (Phi) is 5.48. The van der Waals surface area contributed by atoms with Gasteiger partial charge < -0.3 is 15.1 Å². The monoisotopic (exact) mass is 434 g/mol. The number of urea groups is 1. The molecule has 0 aliphatic rings. The summed E-state index contributed by atoms with van der Waals surface area (Å²) in [6.45, 7) is 5.49. The predicted octanol–water partition coefficient (Wildman–Crippen LogP) is 6.31. The van der Waals surface area contributed by atoms with Crippen LogP contribution in [0.1, 0.15) is 16.7 Å². The third kappa shape index (κ3) is 3.85. The van der Waals surface area contributed by atoms with Crippen LogP contribution in [0.25, 0.3) is 22.1 Å². The Morgan fingerprint density at radius 3 is 2.16 bits per heavy atom. The molecular weight excluding hydrogens is 414 g/mol. The number of nitrogens with one attached hydrogen (secondary N) is 2. The minimum Gasteiger partial charge on any atom is -0.418 e. The van der Waals surface area contributed by atoms with E-state index in [0.29, 0.717) is 17.3 Å². The molecule has 2 amide bonds. The highest BCUT2D eigenvalue weighted by molar-refractivity contribution is 6.08. The van der Waals surface area contributed by atoms with Gasteiger partial charge in [-0.25, -0.2) is 18.4 Å². The first-order valence-corrected chi connectivity index (χ1v) is 9.92. The van der Waals surface area contributed by atoms with Crippen LogP contribution in [-0.2, 0) is 0 Å². The molecule has 2 N–H and O–H groups in total.